The Morgan fingerprint density at radius 2 is 1.52 bits per heavy atom. The van der Waals surface area contributed by atoms with Gasteiger partial charge in [-0.1, -0.05) is 36.4 Å². The Kier molecular flexibility index (Phi) is 5.50. The van der Waals surface area contributed by atoms with E-state index in [1.54, 1.807) is 0 Å². The molecule has 2 unspecified atom stereocenters. The molecule has 2 aromatic rings. The standard InChI is InChI=1S/C17H22N2O2P2/c1-3-20-22-17(23-21-4-2)15-12-8-9-13-16(15)18-19(17)14-10-6-5-7-11-14/h5-13,18,22-23H,3-4H2,1-2H3. The highest BCUT2D eigenvalue weighted by Gasteiger charge is 2.47. The summed E-state index contributed by atoms with van der Waals surface area (Å²) in [5, 5.41) is 1.89. The Morgan fingerprint density at radius 3 is 2.17 bits per heavy atom. The smallest absolute Gasteiger partial charge is 0.169 e. The first-order valence-corrected chi connectivity index (χ1v) is 9.63. The topological polar surface area (TPSA) is 33.7 Å². The van der Waals surface area contributed by atoms with Gasteiger partial charge in [0.25, 0.3) is 0 Å². The third-order valence-electron chi connectivity index (χ3n) is 3.63. The maximum absolute atomic E-state index is 5.90. The maximum Gasteiger partial charge on any atom is 0.169 e. The van der Waals surface area contributed by atoms with E-state index >= 15 is 0 Å². The van der Waals surface area contributed by atoms with Crippen molar-refractivity contribution in [3.8, 4) is 0 Å². The van der Waals surface area contributed by atoms with Crippen molar-refractivity contribution in [2.75, 3.05) is 23.6 Å². The van der Waals surface area contributed by atoms with Crippen LogP contribution in [0.5, 0.6) is 0 Å². The number of hydrazine groups is 1. The molecule has 0 bridgehead atoms. The second kappa shape index (κ2) is 7.59. The van der Waals surface area contributed by atoms with Crippen LogP contribution in [0.2, 0.25) is 0 Å². The van der Waals surface area contributed by atoms with Crippen molar-refractivity contribution >= 4 is 29.0 Å². The van der Waals surface area contributed by atoms with Gasteiger partial charge in [0.2, 0.25) is 0 Å². The van der Waals surface area contributed by atoms with Gasteiger partial charge in [-0.05, 0) is 32.0 Å². The number of nitrogens with one attached hydrogen (secondary N) is 1. The highest BCUT2D eigenvalue weighted by Crippen LogP contribution is 2.63. The Bertz CT molecular complexity index is 632. The number of para-hydroxylation sites is 2. The summed E-state index contributed by atoms with van der Waals surface area (Å²) < 4.78 is 11.8. The van der Waals surface area contributed by atoms with Gasteiger partial charge in [-0.3, -0.25) is 10.4 Å². The molecule has 0 saturated carbocycles. The van der Waals surface area contributed by atoms with Crippen molar-refractivity contribution in [3.05, 3.63) is 60.2 Å². The lowest BCUT2D eigenvalue weighted by molar-refractivity contribution is 0.366. The molecule has 4 nitrogen and oxygen atoms in total. The van der Waals surface area contributed by atoms with E-state index in [-0.39, 0.29) is 22.6 Å². The van der Waals surface area contributed by atoms with E-state index < -0.39 is 0 Å². The predicted molar refractivity (Wildman–Crippen MR) is 101 cm³/mol. The zero-order valence-corrected chi connectivity index (χ0v) is 15.4. The number of hydrogen-bond acceptors (Lipinski definition) is 4. The van der Waals surface area contributed by atoms with Crippen LogP contribution in [0.4, 0.5) is 11.4 Å². The molecule has 1 heterocycles. The molecule has 1 aliphatic rings. The molecule has 0 spiro atoms. The van der Waals surface area contributed by atoms with Gasteiger partial charge in [-0.25, -0.2) is 0 Å². The second-order valence-corrected chi connectivity index (χ2v) is 8.04. The lowest BCUT2D eigenvalue weighted by Crippen LogP contribution is -2.38. The van der Waals surface area contributed by atoms with Gasteiger partial charge < -0.3 is 9.05 Å². The summed E-state index contributed by atoms with van der Waals surface area (Å²) in [6.07, 6.45) is 0. The van der Waals surface area contributed by atoms with E-state index in [0.29, 0.717) is 13.2 Å². The Hall–Kier alpha value is -1.18. The van der Waals surface area contributed by atoms with Crippen LogP contribution in [-0.2, 0) is 14.1 Å². The molecule has 3 rings (SSSR count). The largest absolute Gasteiger partial charge is 0.359 e. The van der Waals surface area contributed by atoms with Crippen LogP contribution in [0.15, 0.2) is 54.6 Å². The van der Waals surface area contributed by atoms with E-state index in [0.717, 1.165) is 11.4 Å². The highest BCUT2D eigenvalue weighted by atomic mass is 31.1. The summed E-state index contributed by atoms with van der Waals surface area (Å²) in [6.45, 7) is 5.46. The molecule has 1 aliphatic heterocycles. The summed E-state index contributed by atoms with van der Waals surface area (Å²) in [7, 11) is 0.579. The van der Waals surface area contributed by atoms with Gasteiger partial charge in [-0.15, -0.1) is 0 Å². The second-order valence-electron chi connectivity index (χ2n) is 5.11. The Labute approximate surface area is 141 Å². The molecule has 2 aromatic carbocycles. The summed E-state index contributed by atoms with van der Waals surface area (Å²) in [6, 6.07) is 18.8. The predicted octanol–water partition coefficient (Wildman–Crippen LogP) is 4.90. The third-order valence-corrected chi connectivity index (χ3v) is 6.68. The molecule has 2 atom stereocenters. The molecule has 0 saturated heterocycles. The van der Waals surface area contributed by atoms with Crippen LogP contribution >= 0.6 is 17.6 Å². The third kappa shape index (κ3) is 3.22. The minimum atomic E-state index is -0.316. The van der Waals surface area contributed by atoms with Crippen molar-refractivity contribution in [2.45, 2.75) is 18.9 Å². The lowest BCUT2D eigenvalue weighted by Gasteiger charge is -2.38. The molecule has 1 N–H and O–H groups in total. The van der Waals surface area contributed by atoms with E-state index in [1.165, 1.54) is 5.56 Å². The number of fused-ring (bicyclic) bond motifs is 1. The highest BCUT2D eigenvalue weighted by molar-refractivity contribution is 7.53. The molecule has 0 fully saturated rings. The van der Waals surface area contributed by atoms with E-state index in [1.807, 2.05) is 19.9 Å². The average Bonchev–Trinajstić information content (AvgIpc) is 2.94. The molecule has 122 valence electrons. The fourth-order valence-electron chi connectivity index (χ4n) is 2.63. The number of anilines is 2. The fourth-order valence-corrected chi connectivity index (χ4v) is 5.15. The van der Waals surface area contributed by atoms with E-state index in [9.17, 15) is 0 Å². The zero-order chi connectivity index (χ0) is 16.1. The normalized spacial score (nSPS) is 20.5. The molecule has 23 heavy (non-hydrogen) atoms. The summed E-state index contributed by atoms with van der Waals surface area (Å²) in [5.41, 5.74) is 7.02. The van der Waals surface area contributed by atoms with Crippen LogP contribution in [0.3, 0.4) is 0 Å². The van der Waals surface area contributed by atoms with Crippen molar-refractivity contribution in [2.24, 2.45) is 0 Å². The summed E-state index contributed by atoms with van der Waals surface area (Å²) in [4.78, 5) is 0. The average molecular weight is 348 g/mol. The Morgan fingerprint density at radius 1 is 0.913 bits per heavy atom. The van der Waals surface area contributed by atoms with Gasteiger partial charge in [0, 0.05) is 18.8 Å². The molecule has 0 aromatic heterocycles. The number of hydrogen-bond donors (Lipinski definition) is 1. The van der Waals surface area contributed by atoms with Crippen molar-refractivity contribution in [3.63, 3.8) is 0 Å². The molecule has 0 aliphatic carbocycles. The van der Waals surface area contributed by atoms with Gasteiger partial charge in [-0.2, -0.15) is 0 Å². The maximum atomic E-state index is 5.90. The summed E-state index contributed by atoms with van der Waals surface area (Å²) >= 11 is 0. The van der Waals surface area contributed by atoms with Gasteiger partial charge >= 0.3 is 0 Å². The molecule has 6 heteroatoms. The lowest BCUT2D eigenvalue weighted by atomic mass is 10.2. The SMILES string of the molecule is CCOPC1(POCC)c2ccccc2NN1c1ccccc1. The minimum absolute atomic E-state index is 0.290. The zero-order valence-electron chi connectivity index (χ0n) is 13.4. The van der Waals surface area contributed by atoms with Crippen molar-refractivity contribution < 1.29 is 9.05 Å². The van der Waals surface area contributed by atoms with Gasteiger partial charge in [0.05, 0.1) is 29.0 Å². The first kappa shape index (κ1) is 16.7. The first-order chi connectivity index (χ1) is 11.3. The quantitative estimate of drug-likeness (QED) is 0.722. The molecular formula is C17H22N2O2P2. The van der Waals surface area contributed by atoms with Crippen LogP contribution in [0.25, 0.3) is 0 Å². The van der Waals surface area contributed by atoms with Crippen molar-refractivity contribution in [1.82, 2.24) is 0 Å². The Balaban J connectivity index is 2.06. The number of nitrogens with zero attached hydrogens (tertiary/aromatic N) is 1. The van der Waals surface area contributed by atoms with E-state index in [4.69, 9.17) is 9.05 Å². The number of benzene rings is 2. The van der Waals surface area contributed by atoms with Gasteiger partial charge in [0.1, 0.15) is 0 Å². The van der Waals surface area contributed by atoms with Crippen LogP contribution in [0.1, 0.15) is 19.4 Å². The van der Waals surface area contributed by atoms with Crippen LogP contribution < -0.4 is 10.4 Å². The molecule has 0 amide bonds. The molecular weight excluding hydrogens is 326 g/mol. The fraction of sp³-hybridized carbons (Fsp3) is 0.294. The van der Waals surface area contributed by atoms with Gasteiger partial charge in [0.15, 0.2) is 5.02 Å². The van der Waals surface area contributed by atoms with E-state index in [2.05, 4.69) is 59.0 Å². The number of rotatable bonds is 7. The summed E-state index contributed by atoms with van der Waals surface area (Å²) in [5.74, 6) is 0. The van der Waals surface area contributed by atoms with Crippen molar-refractivity contribution in [1.29, 1.82) is 0 Å². The minimum Gasteiger partial charge on any atom is -0.359 e. The first-order valence-electron chi connectivity index (χ1n) is 7.81. The van der Waals surface area contributed by atoms with Crippen LogP contribution in [-0.4, -0.2) is 13.2 Å². The molecule has 0 radical (unpaired) electrons. The van der Waals surface area contributed by atoms with Crippen LogP contribution in [0, 0.1) is 0 Å². The monoisotopic (exact) mass is 348 g/mol.